The molecule has 44 heavy (non-hydrogen) atoms. The number of nitrogens with zero attached hydrogens (tertiary/aromatic N) is 4. The van der Waals surface area contributed by atoms with Gasteiger partial charge < -0.3 is 20.7 Å². The number of hydrogen-bond donors (Lipinski definition) is 3. The molecule has 1 aliphatic heterocycles. The fourth-order valence-corrected chi connectivity index (χ4v) is 4.29. The third-order valence-corrected chi connectivity index (χ3v) is 6.52. The summed E-state index contributed by atoms with van der Waals surface area (Å²) in [6, 6.07) is 26.1. The van der Waals surface area contributed by atoms with Gasteiger partial charge in [0, 0.05) is 60.8 Å². The van der Waals surface area contributed by atoms with E-state index in [1.54, 1.807) is 23.1 Å². The summed E-state index contributed by atoms with van der Waals surface area (Å²) in [5.41, 5.74) is 7.92. The number of nitrogens with one attached hydrogen (secondary N) is 2. The SMILES string of the molecule is Nc1ccc(Oc2ccnc(NC(=O)N3CCCC3)c2)c(F)c1.O=C(Nc1ccccc1)c1cnc(-c2ccccc2)nc1. The fraction of sp³-hybridized carbons (Fsp3) is 0.121. The van der Waals surface area contributed by atoms with Crippen LogP contribution in [0.3, 0.4) is 0 Å². The molecule has 5 aromatic rings. The number of aromatic nitrogens is 3. The lowest BCUT2D eigenvalue weighted by molar-refractivity contribution is 0.102. The highest BCUT2D eigenvalue weighted by molar-refractivity contribution is 6.03. The molecule has 6 rings (SSSR count). The Morgan fingerprint density at radius 3 is 2.18 bits per heavy atom. The van der Waals surface area contributed by atoms with Gasteiger partial charge in [-0.15, -0.1) is 0 Å². The predicted octanol–water partition coefficient (Wildman–Crippen LogP) is 6.62. The smallest absolute Gasteiger partial charge is 0.323 e. The second kappa shape index (κ2) is 14.4. The average Bonchev–Trinajstić information content (AvgIpc) is 3.60. The topological polar surface area (TPSA) is 135 Å². The lowest BCUT2D eigenvalue weighted by Gasteiger charge is -2.16. The molecule has 3 aromatic carbocycles. The van der Waals surface area contributed by atoms with Crippen molar-refractivity contribution in [2.75, 3.05) is 29.5 Å². The Balaban J connectivity index is 0.000000175. The van der Waals surface area contributed by atoms with E-state index in [1.165, 1.54) is 30.7 Å². The molecule has 1 aliphatic rings. The van der Waals surface area contributed by atoms with Gasteiger partial charge in [0.2, 0.25) is 0 Å². The van der Waals surface area contributed by atoms with Gasteiger partial charge in [-0.05, 0) is 43.2 Å². The summed E-state index contributed by atoms with van der Waals surface area (Å²) < 4.78 is 19.2. The molecule has 0 aliphatic carbocycles. The first-order valence-electron chi connectivity index (χ1n) is 13.9. The van der Waals surface area contributed by atoms with Crippen LogP contribution in [0.5, 0.6) is 11.5 Å². The Bertz CT molecular complexity index is 1700. The number of pyridine rings is 1. The second-order valence-corrected chi connectivity index (χ2v) is 9.77. The highest BCUT2D eigenvalue weighted by Crippen LogP contribution is 2.27. The molecule has 0 spiro atoms. The quantitative estimate of drug-likeness (QED) is 0.189. The van der Waals surface area contributed by atoms with Crippen LogP contribution in [-0.2, 0) is 0 Å². The highest BCUT2D eigenvalue weighted by Gasteiger charge is 2.18. The first-order chi connectivity index (χ1) is 21.4. The zero-order valence-electron chi connectivity index (χ0n) is 23.7. The van der Waals surface area contributed by atoms with Crippen molar-refractivity contribution in [3.05, 3.63) is 121 Å². The Morgan fingerprint density at radius 2 is 1.50 bits per heavy atom. The number of ether oxygens (including phenoxy) is 1. The van der Waals surface area contributed by atoms with Crippen LogP contribution in [0.15, 0.2) is 110 Å². The van der Waals surface area contributed by atoms with Crippen LogP contribution in [0, 0.1) is 5.82 Å². The largest absolute Gasteiger partial charge is 0.454 e. The molecule has 0 bridgehead atoms. The third kappa shape index (κ3) is 8.13. The molecule has 1 saturated heterocycles. The van der Waals surface area contributed by atoms with Gasteiger partial charge in [-0.3, -0.25) is 10.1 Å². The summed E-state index contributed by atoms with van der Waals surface area (Å²) in [6.45, 7) is 1.50. The Kier molecular flexibility index (Phi) is 9.68. The van der Waals surface area contributed by atoms with E-state index >= 15 is 0 Å². The maximum absolute atomic E-state index is 13.8. The van der Waals surface area contributed by atoms with Gasteiger partial charge in [0.1, 0.15) is 11.6 Å². The van der Waals surface area contributed by atoms with Gasteiger partial charge >= 0.3 is 6.03 Å². The molecule has 0 radical (unpaired) electrons. The molecule has 3 amide bonds. The zero-order valence-corrected chi connectivity index (χ0v) is 23.7. The summed E-state index contributed by atoms with van der Waals surface area (Å²) in [6.07, 6.45) is 6.59. The number of rotatable bonds is 6. The minimum atomic E-state index is -0.551. The van der Waals surface area contributed by atoms with E-state index < -0.39 is 5.82 Å². The first-order valence-corrected chi connectivity index (χ1v) is 13.9. The van der Waals surface area contributed by atoms with Crippen LogP contribution in [-0.4, -0.2) is 44.9 Å². The molecule has 11 heteroatoms. The van der Waals surface area contributed by atoms with Gasteiger partial charge in [0.25, 0.3) is 5.91 Å². The third-order valence-electron chi connectivity index (χ3n) is 6.52. The average molecular weight is 592 g/mol. The van der Waals surface area contributed by atoms with Crippen molar-refractivity contribution in [2.45, 2.75) is 12.8 Å². The Morgan fingerprint density at radius 1 is 0.818 bits per heavy atom. The molecular formula is C33H30FN7O3. The fourth-order valence-electron chi connectivity index (χ4n) is 4.29. The number of hydrogen-bond acceptors (Lipinski definition) is 7. The van der Waals surface area contributed by atoms with Crippen molar-refractivity contribution < 1.29 is 18.7 Å². The lowest BCUT2D eigenvalue weighted by Crippen LogP contribution is -2.32. The van der Waals surface area contributed by atoms with Gasteiger partial charge in [-0.1, -0.05) is 48.5 Å². The molecule has 3 heterocycles. The van der Waals surface area contributed by atoms with E-state index in [1.807, 2.05) is 60.7 Å². The summed E-state index contributed by atoms with van der Waals surface area (Å²) in [5.74, 6) is 0.620. The molecule has 1 fully saturated rings. The Labute approximate surface area is 253 Å². The number of halogens is 1. The van der Waals surface area contributed by atoms with Crippen LogP contribution >= 0.6 is 0 Å². The van der Waals surface area contributed by atoms with Crippen molar-refractivity contribution in [3.63, 3.8) is 0 Å². The van der Waals surface area contributed by atoms with E-state index in [9.17, 15) is 14.0 Å². The minimum Gasteiger partial charge on any atom is -0.454 e. The molecule has 222 valence electrons. The summed E-state index contributed by atoms with van der Waals surface area (Å²) in [4.78, 5) is 38.4. The van der Waals surface area contributed by atoms with Crippen LogP contribution in [0.2, 0.25) is 0 Å². The molecule has 0 saturated carbocycles. The first kappa shape index (κ1) is 29.6. The number of carbonyl (C=O) groups is 2. The molecule has 4 N–H and O–H groups in total. The van der Waals surface area contributed by atoms with Crippen molar-refractivity contribution in [2.24, 2.45) is 0 Å². The molecule has 0 unspecified atom stereocenters. The van der Waals surface area contributed by atoms with E-state index in [0.29, 0.717) is 28.6 Å². The number of urea groups is 1. The maximum Gasteiger partial charge on any atom is 0.323 e. The predicted molar refractivity (Wildman–Crippen MR) is 167 cm³/mol. The van der Waals surface area contributed by atoms with Crippen molar-refractivity contribution in [1.29, 1.82) is 0 Å². The summed E-state index contributed by atoms with van der Waals surface area (Å²) in [5, 5.41) is 5.51. The van der Waals surface area contributed by atoms with Gasteiger partial charge in [0.15, 0.2) is 17.4 Å². The summed E-state index contributed by atoms with van der Waals surface area (Å²) in [7, 11) is 0. The van der Waals surface area contributed by atoms with Gasteiger partial charge in [-0.2, -0.15) is 0 Å². The van der Waals surface area contributed by atoms with E-state index in [0.717, 1.165) is 37.2 Å². The number of likely N-dealkylation sites (tertiary alicyclic amines) is 1. The van der Waals surface area contributed by atoms with Crippen molar-refractivity contribution in [3.8, 4) is 22.9 Å². The number of carbonyl (C=O) groups excluding carboxylic acids is 2. The number of nitrogens with two attached hydrogens (primary N) is 1. The minimum absolute atomic E-state index is 0.0576. The molecule has 10 nitrogen and oxygen atoms in total. The second-order valence-electron chi connectivity index (χ2n) is 9.77. The number of nitrogen functional groups attached to an aromatic ring is 1. The van der Waals surface area contributed by atoms with Gasteiger partial charge in [-0.25, -0.2) is 24.1 Å². The Hall–Kier alpha value is -5.84. The zero-order chi connectivity index (χ0) is 30.7. The summed E-state index contributed by atoms with van der Waals surface area (Å²) >= 11 is 0. The molecule has 2 aromatic heterocycles. The van der Waals surface area contributed by atoms with Crippen molar-refractivity contribution >= 4 is 29.1 Å². The maximum atomic E-state index is 13.8. The molecule has 0 atom stereocenters. The number of para-hydroxylation sites is 1. The van der Waals surface area contributed by atoms with Crippen LogP contribution in [0.1, 0.15) is 23.2 Å². The van der Waals surface area contributed by atoms with E-state index in [-0.39, 0.29) is 17.7 Å². The van der Waals surface area contributed by atoms with E-state index in [4.69, 9.17) is 10.5 Å². The van der Waals surface area contributed by atoms with Crippen molar-refractivity contribution in [1.82, 2.24) is 19.9 Å². The van der Waals surface area contributed by atoms with Gasteiger partial charge in [0.05, 0.1) is 5.56 Å². The highest BCUT2D eigenvalue weighted by atomic mass is 19.1. The number of benzene rings is 3. The van der Waals surface area contributed by atoms with Crippen LogP contribution in [0.4, 0.5) is 26.4 Å². The number of anilines is 3. The normalized spacial score (nSPS) is 12.1. The van der Waals surface area contributed by atoms with Crippen LogP contribution < -0.4 is 21.1 Å². The van der Waals surface area contributed by atoms with Crippen LogP contribution in [0.25, 0.3) is 11.4 Å². The number of amides is 3. The monoisotopic (exact) mass is 591 g/mol. The standard InChI is InChI=1S/C17H13N3O.C16H17FN4O2/c21-17(20-15-9-5-2-6-10-15)14-11-18-16(19-12-14)13-7-3-1-4-8-13;17-13-9-11(18)3-4-14(13)23-12-5-6-19-15(10-12)20-16(22)21-7-1-2-8-21/h1-12H,(H,20,21);3-6,9-10H,1-2,7-8,18H2,(H,19,20,22). The van der Waals surface area contributed by atoms with E-state index in [2.05, 4.69) is 25.6 Å². The lowest BCUT2D eigenvalue weighted by atomic mass is 10.2. The molecular weight excluding hydrogens is 561 g/mol.